The summed E-state index contributed by atoms with van der Waals surface area (Å²) in [6.07, 6.45) is 3.68. The van der Waals surface area contributed by atoms with Crippen molar-refractivity contribution in [1.82, 2.24) is 19.9 Å². The summed E-state index contributed by atoms with van der Waals surface area (Å²) < 4.78 is 1.66. The van der Waals surface area contributed by atoms with Gasteiger partial charge in [0.1, 0.15) is 0 Å². The van der Waals surface area contributed by atoms with Gasteiger partial charge in [-0.05, 0) is 23.6 Å². The summed E-state index contributed by atoms with van der Waals surface area (Å²) in [6.45, 7) is 4.50. The Morgan fingerprint density at radius 2 is 2.17 bits per heavy atom. The van der Waals surface area contributed by atoms with Crippen molar-refractivity contribution in [3.05, 3.63) is 52.2 Å². The van der Waals surface area contributed by atoms with E-state index < -0.39 is 0 Å². The molecule has 0 saturated heterocycles. The van der Waals surface area contributed by atoms with Crippen molar-refractivity contribution in [1.29, 1.82) is 0 Å². The van der Waals surface area contributed by atoms with Crippen LogP contribution in [0.2, 0.25) is 0 Å². The van der Waals surface area contributed by atoms with Crippen LogP contribution in [0.5, 0.6) is 0 Å². The number of nitrogens with one attached hydrogen (secondary N) is 1. The largest absolute Gasteiger partial charge is 0.352 e. The van der Waals surface area contributed by atoms with E-state index in [1.165, 1.54) is 0 Å². The average Bonchev–Trinajstić information content (AvgIpc) is 2.97. The molecular formula is C17H20N4O2S. The number of carbonyl (C=O) groups excluding carboxylic acids is 1. The Morgan fingerprint density at radius 1 is 1.42 bits per heavy atom. The Hall–Kier alpha value is -2.15. The maximum atomic E-state index is 12.4. The molecule has 3 heterocycles. The molecule has 3 rings (SSSR count). The quantitative estimate of drug-likeness (QED) is 0.841. The number of rotatable bonds is 5. The molecule has 7 heteroatoms. The summed E-state index contributed by atoms with van der Waals surface area (Å²) in [7, 11) is 0. The van der Waals surface area contributed by atoms with E-state index in [4.69, 9.17) is 0 Å². The molecule has 1 atom stereocenters. The number of pyridine rings is 1. The molecule has 1 aliphatic heterocycles. The molecule has 126 valence electrons. The lowest BCUT2D eigenvalue weighted by Crippen LogP contribution is -2.30. The van der Waals surface area contributed by atoms with Gasteiger partial charge >= 0.3 is 0 Å². The third-order valence-corrected chi connectivity index (χ3v) is 5.06. The van der Waals surface area contributed by atoms with E-state index in [0.29, 0.717) is 12.3 Å². The van der Waals surface area contributed by atoms with Gasteiger partial charge in [-0.2, -0.15) is 0 Å². The van der Waals surface area contributed by atoms with Gasteiger partial charge in [-0.15, -0.1) is 0 Å². The Labute approximate surface area is 144 Å². The van der Waals surface area contributed by atoms with Gasteiger partial charge in [0.15, 0.2) is 5.16 Å². The molecule has 0 aliphatic carbocycles. The summed E-state index contributed by atoms with van der Waals surface area (Å²) in [5.41, 5.74) is 1.74. The third-order valence-electron chi connectivity index (χ3n) is 3.96. The zero-order valence-corrected chi connectivity index (χ0v) is 14.5. The second-order valence-electron chi connectivity index (χ2n) is 6.13. The first-order valence-corrected chi connectivity index (χ1v) is 8.95. The predicted molar refractivity (Wildman–Crippen MR) is 93.0 cm³/mol. The van der Waals surface area contributed by atoms with Crippen LogP contribution in [0.25, 0.3) is 0 Å². The smallest absolute Gasteiger partial charge is 0.254 e. The second-order valence-corrected chi connectivity index (χ2v) is 7.11. The molecule has 0 aromatic carbocycles. The SMILES string of the molecule is CC(C)c1cc(=O)n2c(n1)SC[C@H]2CC(=O)NCc1ccncc1. The normalized spacial score (nSPS) is 16.2. The van der Waals surface area contributed by atoms with Crippen LogP contribution < -0.4 is 10.9 Å². The molecule has 0 fully saturated rings. The first-order chi connectivity index (χ1) is 11.5. The van der Waals surface area contributed by atoms with Gasteiger partial charge in [0, 0.05) is 37.2 Å². The number of aromatic nitrogens is 3. The minimum absolute atomic E-state index is 0.0647. The van der Waals surface area contributed by atoms with Gasteiger partial charge in [0.2, 0.25) is 5.91 Å². The van der Waals surface area contributed by atoms with E-state index in [2.05, 4.69) is 15.3 Å². The van der Waals surface area contributed by atoms with E-state index in [-0.39, 0.29) is 29.8 Å². The Balaban J connectivity index is 1.66. The van der Waals surface area contributed by atoms with Crippen molar-refractivity contribution in [2.75, 3.05) is 5.75 Å². The van der Waals surface area contributed by atoms with Gasteiger partial charge in [-0.1, -0.05) is 25.6 Å². The molecule has 1 N–H and O–H groups in total. The van der Waals surface area contributed by atoms with E-state index >= 15 is 0 Å². The molecule has 24 heavy (non-hydrogen) atoms. The summed E-state index contributed by atoms with van der Waals surface area (Å²) in [5.74, 6) is 0.851. The number of nitrogens with zero attached hydrogens (tertiary/aromatic N) is 3. The summed E-state index contributed by atoms with van der Waals surface area (Å²) in [5, 5.41) is 3.61. The van der Waals surface area contributed by atoms with Crippen molar-refractivity contribution in [2.45, 2.75) is 43.9 Å². The topological polar surface area (TPSA) is 76.9 Å². The van der Waals surface area contributed by atoms with Crippen molar-refractivity contribution in [2.24, 2.45) is 0 Å². The van der Waals surface area contributed by atoms with Crippen LogP contribution in [0.3, 0.4) is 0 Å². The highest BCUT2D eigenvalue weighted by Crippen LogP contribution is 2.32. The highest BCUT2D eigenvalue weighted by molar-refractivity contribution is 7.99. The van der Waals surface area contributed by atoms with Gasteiger partial charge in [0.05, 0.1) is 11.7 Å². The molecule has 2 aromatic heterocycles. The highest BCUT2D eigenvalue weighted by Gasteiger charge is 2.27. The molecule has 6 nitrogen and oxygen atoms in total. The monoisotopic (exact) mass is 344 g/mol. The van der Waals surface area contributed by atoms with Crippen LogP contribution in [0.4, 0.5) is 0 Å². The number of thioether (sulfide) groups is 1. The first-order valence-electron chi connectivity index (χ1n) is 7.96. The van der Waals surface area contributed by atoms with E-state index in [1.807, 2.05) is 26.0 Å². The Kier molecular flexibility index (Phi) is 4.99. The average molecular weight is 344 g/mol. The standard InChI is InChI=1S/C17H20N4O2S/c1-11(2)14-8-16(23)21-13(10-24-17(21)20-14)7-15(22)19-9-12-3-5-18-6-4-12/h3-6,8,11,13H,7,9-10H2,1-2H3,(H,19,22)/t13-/m1/s1. The Morgan fingerprint density at radius 3 is 2.88 bits per heavy atom. The van der Waals surface area contributed by atoms with Crippen LogP contribution in [-0.2, 0) is 11.3 Å². The summed E-state index contributed by atoms with van der Waals surface area (Å²) in [6, 6.07) is 5.18. The zero-order chi connectivity index (χ0) is 17.1. The lowest BCUT2D eigenvalue weighted by atomic mass is 10.1. The second kappa shape index (κ2) is 7.17. The predicted octanol–water partition coefficient (Wildman–Crippen LogP) is 2.12. The van der Waals surface area contributed by atoms with E-state index in [0.717, 1.165) is 16.4 Å². The number of hydrogen-bond donors (Lipinski definition) is 1. The van der Waals surface area contributed by atoms with Crippen LogP contribution in [0.1, 0.15) is 43.5 Å². The van der Waals surface area contributed by atoms with Crippen molar-refractivity contribution >= 4 is 17.7 Å². The number of amides is 1. The molecule has 0 radical (unpaired) electrons. The first kappa shape index (κ1) is 16.7. The van der Waals surface area contributed by atoms with Crippen LogP contribution in [0.15, 0.2) is 40.5 Å². The molecule has 0 bridgehead atoms. The van der Waals surface area contributed by atoms with Gasteiger partial charge < -0.3 is 5.32 Å². The van der Waals surface area contributed by atoms with Crippen molar-refractivity contribution in [3.63, 3.8) is 0 Å². The molecule has 0 saturated carbocycles. The zero-order valence-electron chi connectivity index (χ0n) is 13.7. The lowest BCUT2D eigenvalue weighted by Gasteiger charge is -2.14. The van der Waals surface area contributed by atoms with Gasteiger partial charge in [-0.3, -0.25) is 19.1 Å². The maximum absolute atomic E-state index is 12.4. The molecule has 2 aromatic rings. The summed E-state index contributed by atoms with van der Waals surface area (Å²) >= 11 is 1.54. The highest BCUT2D eigenvalue weighted by atomic mass is 32.2. The fraction of sp³-hybridized carbons (Fsp3) is 0.412. The third kappa shape index (κ3) is 3.67. The Bertz CT molecular complexity index is 789. The molecule has 1 aliphatic rings. The van der Waals surface area contributed by atoms with E-state index in [9.17, 15) is 9.59 Å². The lowest BCUT2D eigenvalue weighted by molar-refractivity contribution is -0.121. The molecule has 0 unspecified atom stereocenters. The number of fused-ring (bicyclic) bond motifs is 1. The molecule has 1 amide bonds. The summed E-state index contributed by atoms with van der Waals surface area (Å²) in [4.78, 5) is 33.1. The minimum Gasteiger partial charge on any atom is -0.352 e. The number of carbonyl (C=O) groups is 1. The fourth-order valence-corrected chi connectivity index (χ4v) is 3.76. The van der Waals surface area contributed by atoms with Crippen LogP contribution >= 0.6 is 11.8 Å². The fourth-order valence-electron chi connectivity index (χ4n) is 2.60. The van der Waals surface area contributed by atoms with Crippen LogP contribution in [0, 0.1) is 0 Å². The molecular weight excluding hydrogens is 324 g/mol. The number of hydrogen-bond acceptors (Lipinski definition) is 5. The molecule has 0 spiro atoms. The van der Waals surface area contributed by atoms with Crippen molar-refractivity contribution in [3.8, 4) is 0 Å². The maximum Gasteiger partial charge on any atom is 0.254 e. The van der Waals surface area contributed by atoms with Crippen molar-refractivity contribution < 1.29 is 4.79 Å². The minimum atomic E-state index is -0.136. The van der Waals surface area contributed by atoms with Gasteiger partial charge in [0.25, 0.3) is 5.56 Å². The van der Waals surface area contributed by atoms with Crippen LogP contribution in [-0.4, -0.2) is 26.2 Å². The van der Waals surface area contributed by atoms with Gasteiger partial charge in [-0.25, -0.2) is 4.98 Å². The van der Waals surface area contributed by atoms with E-state index in [1.54, 1.807) is 34.8 Å².